The van der Waals surface area contributed by atoms with E-state index >= 15 is 0 Å². The van der Waals surface area contributed by atoms with Crippen molar-refractivity contribution in [2.45, 2.75) is 52.1 Å². The molecule has 24 heavy (non-hydrogen) atoms. The van der Waals surface area contributed by atoms with E-state index in [1.165, 1.54) is 0 Å². The van der Waals surface area contributed by atoms with Gasteiger partial charge in [0.15, 0.2) is 0 Å². The highest BCUT2D eigenvalue weighted by Crippen LogP contribution is 2.28. The molecule has 1 amide bonds. The SMILES string of the molecule is CCOC(=O)c1ccc(C2CCCN(C(=O)OC(C)(C)C)C2)cc1. The van der Waals surface area contributed by atoms with Gasteiger partial charge in [-0.1, -0.05) is 12.1 Å². The fourth-order valence-electron chi connectivity index (χ4n) is 2.85. The van der Waals surface area contributed by atoms with Crippen LogP contribution in [-0.4, -0.2) is 42.3 Å². The number of rotatable bonds is 3. The van der Waals surface area contributed by atoms with Gasteiger partial charge in [-0.15, -0.1) is 0 Å². The number of amides is 1. The number of carbonyl (C=O) groups excluding carboxylic acids is 2. The lowest BCUT2D eigenvalue weighted by atomic mass is 9.90. The molecule has 0 spiro atoms. The molecule has 2 rings (SSSR count). The van der Waals surface area contributed by atoms with E-state index in [4.69, 9.17) is 9.47 Å². The summed E-state index contributed by atoms with van der Waals surface area (Å²) in [5, 5.41) is 0. The third-order valence-electron chi connectivity index (χ3n) is 3.97. The van der Waals surface area contributed by atoms with Gasteiger partial charge in [0, 0.05) is 19.0 Å². The summed E-state index contributed by atoms with van der Waals surface area (Å²) in [6.45, 7) is 9.16. The van der Waals surface area contributed by atoms with E-state index in [0.717, 1.165) is 24.9 Å². The molecule has 1 aliphatic heterocycles. The Balaban J connectivity index is 2.01. The first-order chi connectivity index (χ1) is 11.3. The standard InChI is InChI=1S/C19H27NO4/c1-5-23-17(21)15-10-8-14(9-11-15)16-7-6-12-20(13-16)18(22)24-19(2,3)4/h8-11,16H,5-7,12-13H2,1-4H3. The molecular weight excluding hydrogens is 306 g/mol. The van der Waals surface area contributed by atoms with Crippen LogP contribution in [0, 0.1) is 0 Å². The second kappa shape index (κ2) is 7.69. The smallest absolute Gasteiger partial charge is 0.410 e. The third kappa shape index (κ3) is 4.98. The van der Waals surface area contributed by atoms with Crippen molar-refractivity contribution in [1.29, 1.82) is 0 Å². The quantitative estimate of drug-likeness (QED) is 0.785. The summed E-state index contributed by atoms with van der Waals surface area (Å²) in [5.41, 5.74) is 1.21. The van der Waals surface area contributed by atoms with Crippen molar-refractivity contribution in [2.24, 2.45) is 0 Å². The van der Waals surface area contributed by atoms with Crippen LogP contribution in [0.2, 0.25) is 0 Å². The Morgan fingerprint density at radius 2 is 1.88 bits per heavy atom. The largest absolute Gasteiger partial charge is 0.462 e. The summed E-state index contributed by atoms with van der Waals surface area (Å²) in [6.07, 6.45) is 1.72. The number of benzene rings is 1. The van der Waals surface area contributed by atoms with Crippen LogP contribution >= 0.6 is 0 Å². The van der Waals surface area contributed by atoms with E-state index < -0.39 is 5.60 Å². The van der Waals surface area contributed by atoms with Crippen molar-refractivity contribution in [3.05, 3.63) is 35.4 Å². The van der Waals surface area contributed by atoms with Crippen LogP contribution in [0.5, 0.6) is 0 Å². The average Bonchev–Trinajstić information content (AvgIpc) is 2.54. The van der Waals surface area contributed by atoms with E-state index in [0.29, 0.717) is 18.7 Å². The zero-order chi connectivity index (χ0) is 17.7. The number of esters is 1. The second-order valence-electron chi connectivity index (χ2n) is 7.11. The monoisotopic (exact) mass is 333 g/mol. The maximum Gasteiger partial charge on any atom is 0.410 e. The van der Waals surface area contributed by atoms with Gasteiger partial charge in [-0.25, -0.2) is 9.59 Å². The third-order valence-corrected chi connectivity index (χ3v) is 3.97. The Morgan fingerprint density at radius 3 is 2.46 bits per heavy atom. The minimum atomic E-state index is -0.481. The first-order valence-corrected chi connectivity index (χ1v) is 8.55. The van der Waals surface area contributed by atoms with Crippen molar-refractivity contribution in [3.8, 4) is 0 Å². The highest BCUT2D eigenvalue weighted by atomic mass is 16.6. The van der Waals surface area contributed by atoms with Gasteiger partial charge in [-0.3, -0.25) is 0 Å². The minimum absolute atomic E-state index is 0.254. The molecule has 1 atom stereocenters. The summed E-state index contributed by atoms with van der Waals surface area (Å²) in [7, 11) is 0. The number of piperidine rings is 1. The summed E-state index contributed by atoms with van der Waals surface area (Å²) in [4.78, 5) is 25.7. The molecule has 1 heterocycles. The van der Waals surface area contributed by atoms with Gasteiger partial charge in [-0.05, 0) is 58.2 Å². The van der Waals surface area contributed by atoms with Crippen molar-refractivity contribution in [3.63, 3.8) is 0 Å². The Morgan fingerprint density at radius 1 is 1.21 bits per heavy atom. The normalized spacial score (nSPS) is 18.2. The minimum Gasteiger partial charge on any atom is -0.462 e. The summed E-state index contributed by atoms with van der Waals surface area (Å²) >= 11 is 0. The lowest BCUT2D eigenvalue weighted by molar-refractivity contribution is 0.0198. The van der Waals surface area contributed by atoms with Crippen molar-refractivity contribution >= 4 is 12.1 Å². The first kappa shape index (κ1) is 18.3. The van der Waals surface area contributed by atoms with Crippen LogP contribution in [0.4, 0.5) is 4.79 Å². The van der Waals surface area contributed by atoms with Gasteiger partial charge >= 0.3 is 12.1 Å². The highest BCUT2D eigenvalue weighted by Gasteiger charge is 2.28. The Labute approximate surface area is 143 Å². The van der Waals surface area contributed by atoms with Gasteiger partial charge in [0.2, 0.25) is 0 Å². The predicted molar refractivity (Wildman–Crippen MR) is 92.2 cm³/mol. The molecule has 1 fully saturated rings. The first-order valence-electron chi connectivity index (χ1n) is 8.55. The van der Waals surface area contributed by atoms with Crippen LogP contribution in [0.1, 0.15) is 62.4 Å². The molecule has 1 unspecified atom stereocenters. The van der Waals surface area contributed by atoms with Crippen molar-refractivity contribution in [1.82, 2.24) is 4.90 Å². The van der Waals surface area contributed by atoms with Crippen LogP contribution in [0.25, 0.3) is 0 Å². The maximum absolute atomic E-state index is 12.2. The maximum atomic E-state index is 12.2. The molecule has 0 aliphatic carbocycles. The Hall–Kier alpha value is -2.04. The number of nitrogens with zero attached hydrogens (tertiary/aromatic N) is 1. The van der Waals surface area contributed by atoms with E-state index in [1.807, 2.05) is 32.9 Å². The molecule has 5 heteroatoms. The molecule has 1 aromatic carbocycles. The molecule has 132 valence electrons. The molecular formula is C19H27NO4. The zero-order valence-corrected chi connectivity index (χ0v) is 15.0. The topological polar surface area (TPSA) is 55.8 Å². The summed E-state index contributed by atoms with van der Waals surface area (Å²) in [6, 6.07) is 7.49. The van der Waals surface area contributed by atoms with Gasteiger partial charge in [0.05, 0.1) is 12.2 Å². The lowest BCUT2D eigenvalue weighted by Crippen LogP contribution is -2.42. The Bertz CT molecular complexity index is 574. The molecule has 0 aromatic heterocycles. The van der Waals surface area contributed by atoms with Gasteiger partial charge in [-0.2, -0.15) is 0 Å². The number of likely N-dealkylation sites (tertiary alicyclic amines) is 1. The Kier molecular flexibility index (Phi) is 5.86. The fourth-order valence-corrected chi connectivity index (χ4v) is 2.85. The predicted octanol–water partition coefficient (Wildman–Crippen LogP) is 3.98. The van der Waals surface area contributed by atoms with E-state index in [-0.39, 0.29) is 18.0 Å². The number of hydrogen-bond acceptors (Lipinski definition) is 4. The molecule has 1 aliphatic rings. The van der Waals surface area contributed by atoms with Crippen LogP contribution in [0.3, 0.4) is 0 Å². The molecule has 1 saturated heterocycles. The highest BCUT2D eigenvalue weighted by molar-refractivity contribution is 5.89. The zero-order valence-electron chi connectivity index (χ0n) is 15.0. The average molecular weight is 333 g/mol. The van der Waals surface area contributed by atoms with E-state index in [2.05, 4.69) is 0 Å². The number of hydrogen-bond donors (Lipinski definition) is 0. The van der Waals surface area contributed by atoms with Gasteiger partial charge in [0.1, 0.15) is 5.60 Å². The molecule has 0 saturated carbocycles. The van der Waals surface area contributed by atoms with Crippen LogP contribution in [0.15, 0.2) is 24.3 Å². The van der Waals surface area contributed by atoms with Crippen molar-refractivity contribution < 1.29 is 19.1 Å². The van der Waals surface area contributed by atoms with Crippen LogP contribution in [-0.2, 0) is 9.47 Å². The fraction of sp³-hybridized carbons (Fsp3) is 0.579. The lowest BCUT2D eigenvalue weighted by Gasteiger charge is -2.34. The van der Waals surface area contributed by atoms with E-state index in [1.54, 1.807) is 24.0 Å². The summed E-state index contributed by atoms with van der Waals surface area (Å²) in [5.74, 6) is -0.0365. The van der Waals surface area contributed by atoms with E-state index in [9.17, 15) is 9.59 Å². The molecule has 1 aromatic rings. The molecule has 0 N–H and O–H groups in total. The van der Waals surface area contributed by atoms with Gasteiger partial charge < -0.3 is 14.4 Å². The van der Waals surface area contributed by atoms with Crippen LogP contribution < -0.4 is 0 Å². The summed E-state index contributed by atoms with van der Waals surface area (Å²) < 4.78 is 10.5. The molecule has 5 nitrogen and oxygen atoms in total. The molecule has 0 bridgehead atoms. The van der Waals surface area contributed by atoms with Crippen molar-refractivity contribution in [2.75, 3.05) is 19.7 Å². The number of ether oxygens (including phenoxy) is 2. The van der Waals surface area contributed by atoms with Gasteiger partial charge in [0.25, 0.3) is 0 Å². The number of carbonyl (C=O) groups is 2. The second-order valence-corrected chi connectivity index (χ2v) is 7.11. The molecule has 0 radical (unpaired) electrons.